The van der Waals surface area contributed by atoms with Crippen molar-refractivity contribution < 1.29 is 22.7 Å². The molecule has 0 bridgehead atoms. The van der Waals surface area contributed by atoms with E-state index in [0.29, 0.717) is 5.75 Å². The van der Waals surface area contributed by atoms with Crippen LogP contribution in [0.1, 0.15) is 11.5 Å². The summed E-state index contributed by atoms with van der Waals surface area (Å²) in [5.74, 6) is -1.62. The molecule has 0 spiro atoms. The number of ether oxygens (including phenoxy) is 1. The Morgan fingerprint density at radius 1 is 1.27 bits per heavy atom. The summed E-state index contributed by atoms with van der Waals surface area (Å²) in [6.07, 6.45) is -4.65. The Morgan fingerprint density at radius 2 is 1.80 bits per heavy atom. The minimum atomic E-state index is -4.55. The predicted molar refractivity (Wildman–Crippen MR) is 47.9 cm³/mol. The lowest BCUT2D eigenvalue weighted by atomic mass is 10.0. The molecule has 5 heteroatoms. The number of aldehydes is 1. The topological polar surface area (TPSA) is 26.3 Å². The lowest BCUT2D eigenvalue weighted by Crippen LogP contribution is -2.21. The van der Waals surface area contributed by atoms with Gasteiger partial charge in [0, 0.05) is 0 Å². The van der Waals surface area contributed by atoms with Crippen molar-refractivity contribution in [3.63, 3.8) is 0 Å². The number of halogens is 3. The number of methoxy groups -OCH3 is 1. The van der Waals surface area contributed by atoms with Crippen molar-refractivity contribution in [3.8, 4) is 5.75 Å². The van der Waals surface area contributed by atoms with Gasteiger partial charge in [-0.25, -0.2) is 0 Å². The molecule has 1 unspecified atom stereocenters. The van der Waals surface area contributed by atoms with Crippen LogP contribution in [0.4, 0.5) is 13.2 Å². The molecule has 1 rings (SSSR count). The molecule has 0 heterocycles. The fourth-order valence-electron chi connectivity index (χ4n) is 1.16. The lowest BCUT2D eigenvalue weighted by Gasteiger charge is -2.14. The van der Waals surface area contributed by atoms with Crippen molar-refractivity contribution in [1.82, 2.24) is 0 Å². The van der Waals surface area contributed by atoms with E-state index in [4.69, 9.17) is 4.74 Å². The molecule has 0 saturated carbocycles. The summed E-state index contributed by atoms with van der Waals surface area (Å²) in [6, 6.07) is 5.23. The summed E-state index contributed by atoms with van der Waals surface area (Å²) in [6.45, 7) is 0. The van der Waals surface area contributed by atoms with Crippen LogP contribution in [0, 0.1) is 0 Å². The van der Waals surface area contributed by atoms with Gasteiger partial charge in [-0.2, -0.15) is 13.2 Å². The van der Waals surface area contributed by atoms with Gasteiger partial charge in [-0.1, -0.05) is 12.1 Å². The molecule has 1 aromatic rings. The van der Waals surface area contributed by atoms with Crippen LogP contribution >= 0.6 is 0 Å². The third kappa shape index (κ3) is 2.71. The van der Waals surface area contributed by atoms with Crippen molar-refractivity contribution in [2.45, 2.75) is 12.1 Å². The van der Waals surface area contributed by atoms with Crippen LogP contribution in [0.2, 0.25) is 0 Å². The first-order valence-electron chi connectivity index (χ1n) is 4.15. The number of benzene rings is 1. The monoisotopic (exact) mass is 218 g/mol. The summed E-state index contributed by atoms with van der Waals surface area (Å²) < 4.78 is 41.8. The zero-order valence-corrected chi connectivity index (χ0v) is 7.91. The van der Waals surface area contributed by atoms with E-state index in [1.165, 1.54) is 31.4 Å². The second-order valence-corrected chi connectivity index (χ2v) is 2.93. The maximum absolute atomic E-state index is 12.3. The van der Waals surface area contributed by atoms with Crippen molar-refractivity contribution >= 4 is 6.29 Å². The third-order valence-electron chi connectivity index (χ3n) is 1.96. The first kappa shape index (κ1) is 11.6. The van der Waals surface area contributed by atoms with E-state index in [-0.39, 0.29) is 11.8 Å². The number of rotatable bonds is 3. The van der Waals surface area contributed by atoms with Gasteiger partial charge in [0.1, 0.15) is 18.0 Å². The Labute approximate surface area is 84.7 Å². The van der Waals surface area contributed by atoms with Crippen LogP contribution in [0.5, 0.6) is 5.75 Å². The Kier molecular flexibility index (Phi) is 3.34. The summed E-state index contributed by atoms with van der Waals surface area (Å²) in [5.41, 5.74) is -0.0849. The van der Waals surface area contributed by atoms with Crippen LogP contribution in [0.15, 0.2) is 24.3 Å². The van der Waals surface area contributed by atoms with E-state index in [2.05, 4.69) is 0 Å². The van der Waals surface area contributed by atoms with Gasteiger partial charge < -0.3 is 9.53 Å². The molecule has 0 N–H and O–H groups in total. The highest BCUT2D eigenvalue weighted by Crippen LogP contribution is 2.33. The molecule has 0 aromatic heterocycles. The molecule has 0 saturated heterocycles. The van der Waals surface area contributed by atoms with E-state index in [0.717, 1.165) is 0 Å². The smallest absolute Gasteiger partial charge is 0.402 e. The maximum Gasteiger partial charge on any atom is 0.402 e. The molecular formula is C10H9F3O2. The van der Waals surface area contributed by atoms with E-state index in [1.54, 1.807) is 0 Å². The largest absolute Gasteiger partial charge is 0.497 e. The van der Waals surface area contributed by atoms with Gasteiger partial charge in [0.2, 0.25) is 0 Å². The highest BCUT2D eigenvalue weighted by atomic mass is 19.4. The van der Waals surface area contributed by atoms with Crippen LogP contribution < -0.4 is 4.74 Å². The summed E-state index contributed by atoms with van der Waals surface area (Å²) in [4.78, 5) is 10.4. The lowest BCUT2D eigenvalue weighted by molar-refractivity contribution is -0.155. The van der Waals surface area contributed by atoms with Crippen molar-refractivity contribution in [2.75, 3.05) is 7.11 Å². The molecule has 1 aromatic carbocycles. The number of carbonyl (C=O) groups excluding carboxylic acids is 1. The van der Waals surface area contributed by atoms with Gasteiger partial charge in [-0.05, 0) is 17.7 Å². The molecule has 82 valence electrons. The van der Waals surface area contributed by atoms with Gasteiger partial charge in [-0.15, -0.1) is 0 Å². The van der Waals surface area contributed by atoms with Gasteiger partial charge in [0.15, 0.2) is 0 Å². The molecule has 0 fully saturated rings. The van der Waals surface area contributed by atoms with Crippen LogP contribution in [-0.2, 0) is 4.79 Å². The Morgan fingerprint density at radius 3 is 2.13 bits per heavy atom. The first-order chi connectivity index (χ1) is 6.99. The zero-order chi connectivity index (χ0) is 11.5. The minimum Gasteiger partial charge on any atom is -0.497 e. The van der Waals surface area contributed by atoms with Crippen molar-refractivity contribution in [3.05, 3.63) is 29.8 Å². The highest BCUT2D eigenvalue weighted by Gasteiger charge is 2.40. The second kappa shape index (κ2) is 4.33. The quantitative estimate of drug-likeness (QED) is 0.729. The average molecular weight is 218 g/mol. The molecule has 1 atom stereocenters. The molecule has 0 radical (unpaired) electrons. The normalized spacial score (nSPS) is 13.3. The highest BCUT2D eigenvalue weighted by molar-refractivity contribution is 5.63. The summed E-state index contributed by atoms with van der Waals surface area (Å²) in [7, 11) is 1.41. The molecule has 2 nitrogen and oxygen atoms in total. The number of carbonyl (C=O) groups is 1. The SMILES string of the molecule is COc1ccc(C(C=O)C(F)(F)F)cc1. The third-order valence-corrected chi connectivity index (χ3v) is 1.96. The Balaban J connectivity index is 2.98. The second-order valence-electron chi connectivity index (χ2n) is 2.93. The standard InChI is InChI=1S/C10H9F3O2/c1-15-8-4-2-7(3-5-8)9(6-14)10(11,12)13/h2-6,9H,1H3. The van der Waals surface area contributed by atoms with E-state index >= 15 is 0 Å². The van der Waals surface area contributed by atoms with Crippen LogP contribution in [0.3, 0.4) is 0 Å². The molecule has 15 heavy (non-hydrogen) atoms. The van der Waals surface area contributed by atoms with Gasteiger partial charge in [-0.3, -0.25) is 0 Å². The maximum atomic E-state index is 12.3. The molecule has 0 aliphatic carbocycles. The van der Waals surface area contributed by atoms with Crippen LogP contribution in [-0.4, -0.2) is 19.6 Å². The summed E-state index contributed by atoms with van der Waals surface area (Å²) in [5, 5.41) is 0. The van der Waals surface area contributed by atoms with Gasteiger partial charge in [0.05, 0.1) is 7.11 Å². The molecule has 0 aliphatic heterocycles. The number of alkyl halides is 3. The van der Waals surface area contributed by atoms with E-state index < -0.39 is 12.1 Å². The van der Waals surface area contributed by atoms with Gasteiger partial charge >= 0.3 is 6.18 Å². The van der Waals surface area contributed by atoms with E-state index in [1.807, 2.05) is 0 Å². The van der Waals surface area contributed by atoms with Crippen molar-refractivity contribution in [2.24, 2.45) is 0 Å². The first-order valence-corrected chi connectivity index (χ1v) is 4.15. The Hall–Kier alpha value is -1.52. The average Bonchev–Trinajstić information content (AvgIpc) is 2.18. The Bertz CT molecular complexity index is 330. The van der Waals surface area contributed by atoms with Crippen molar-refractivity contribution in [1.29, 1.82) is 0 Å². The fourth-order valence-corrected chi connectivity index (χ4v) is 1.16. The van der Waals surface area contributed by atoms with Gasteiger partial charge in [0.25, 0.3) is 0 Å². The zero-order valence-electron chi connectivity index (χ0n) is 7.91. The minimum absolute atomic E-state index is 0.0849. The predicted octanol–water partition coefficient (Wildman–Crippen LogP) is 2.54. The molecular weight excluding hydrogens is 209 g/mol. The number of hydrogen-bond donors (Lipinski definition) is 0. The molecule has 0 aliphatic rings. The van der Waals surface area contributed by atoms with E-state index in [9.17, 15) is 18.0 Å². The molecule has 0 amide bonds. The van der Waals surface area contributed by atoms with Crippen LogP contribution in [0.25, 0.3) is 0 Å². The fraction of sp³-hybridized carbons (Fsp3) is 0.300. The summed E-state index contributed by atoms with van der Waals surface area (Å²) >= 11 is 0. The number of hydrogen-bond acceptors (Lipinski definition) is 2.